The predicted octanol–water partition coefficient (Wildman–Crippen LogP) is 17.3. The van der Waals surface area contributed by atoms with Crippen molar-refractivity contribution in [1.29, 1.82) is 10.5 Å². The number of hydrogen-bond acceptors (Lipinski definition) is 2. The van der Waals surface area contributed by atoms with Crippen molar-refractivity contribution in [1.82, 2.24) is 9.13 Å². The first-order valence-corrected chi connectivity index (χ1v) is 23.1. The van der Waals surface area contributed by atoms with Crippen LogP contribution in [0.1, 0.15) is 22.3 Å². The average molecular weight is 889 g/mol. The largest absolute Gasteiger partial charge is 0.309 e. The zero-order valence-electron chi connectivity index (χ0n) is 38.0. The van der Waals surface area contributed by atoms with Crippen molar-refractivity contribution in [3.05, 3.63) is 227 Å². The summed E-state index contributed by atoms with van der Waals surface area (Å²) in [6.07, 6.45) is 0. The van der Waals surface area contributed by atoms with Gasteiger partial charge >= 0.3 is 0 Å². The lowest BCUT2D eigenvalue weighted by atomic mass is 9.81. The quantitative estimate of drug-likeness (QED) is 0.130. The van der Waals surface area contributed by atoms with E-state index in [4.69, 9.17) is 13.1 Å². The van der Waals surface area contributed by atoms with Crippen LogP contribution in [0.3, 0.4) is 0 Å². The molecule has 6 nitrogen and oxygen atoms in total. The van der Waals surface area contributed by atoms with Gasteiger partial charge in [-0.25, -0.2) is 9.69 Å². The van der Waals surface area contributed by atoms with Gasteiger partial charge in [0.2, 0.25) is 0 Å². The van der Waals surface area contributed by atoms with Crippen molar-refractivity contribution >= 4 is 98.1 Å². The second kappa shape index (κ2) is 15.3. The van der Waals surface area contributed by atoms with Gasteiger partial charge in [0.05, 0.1) is 58.5 Å². The van der Waals surface area contributed by atoms with Crippen LogP contribution in [-0.4, -0.2) is 9.13 Å². The molecule has 0 spiro atoms. The number of aromatic nitrogens is 2. The van der Waals surface area contributed by atoms with Gasteiger partial charge in [0.25, 0.3) is 0 Å². The third-order valence-corrected chi connectivity index (χ3v) is 14.4. The fourth-order valence-corrected chi connectivity index (χ4v) is 11.3. The van der Waals surface area contributed by atoms with Crippen LogP contribution in [0, 0.1) is 49.7 Å². The highest BCUT2D eigenvalue weighted by Crippen LogP contribution is 2.50. The fraction of sp³-hybridized carbons (Fsp3) is 0.0312. The van der Waals surface area contributed by atoms with E-state index in [2.05, 4.69) is 154 Å². The van der Waals surface area contributed by atoms with Crippen molar-refractivity contribution in [3.8, 4) is 45.8 Å². The molecular weight excluding hydrogens is 853 g/mol. The molecule has 0 aliphatic heterocycles. The molecule has 0 radical (unpaired) electrons. The topological polar surface area (TPSA) is 66.2 Å². The molecule has 13 rings (SSSR count). The molecule has 0 saturated carbocycles. The first kappa shape index (κ1) is 40.3. The number of nitrogens with zero attached hydrogens (tertiary/aromatic N) is 6. The zero-order valence-corrected chi connectivity index (χ0v) is 38.0. The Morgan fingerprint density at radius 2 is 0.757 bits per heavy atom. The molecule has 11 aromatic carbocycles. The Balaban J connectivity index is 1.23. The van der Waals surface area contributed by atoms with Crippen LogP contribution in [-0.2, 0) is 0 Å². The van der Waals surface area contributed by atoms with Crippen LogP contribution < -0.4 is 0 Å². The fourth-order valence-electron chi connectivity index (χ4n) is 11.3. The third kappa shape index (κ3) is 5.82. The molecule has 0 aliphatic rings. The number of aryl methyl sites for hydroxylation is 2. The molecule has 2 heterocycles. The van der Waals surface area contributed by atoms with E-state index >= 15 is 0 Å². The van der Waals surface area contributed by atoms with E-state index in [0.717, 1.165) is 131 Å². The van der Waals surface area contributed by atoms with Crippen LogP contribution in [0.4, 0.5) is 11.4 Å². The van der Waals surface area contributed by atoms with E-state index in [0.29, 0.717) is 22.5 Å². The van der Waals surface area contributed by atoms with Crippen LogP contribution in [0.15, 0.2) is 182 Å². The lowest BCUT2D eigenvalue weighted by molar-refractivity contribution is 1.18. The molecule has 70 heavy (non-hydrogen) atoms. The predicted molar refractivity (Wildman–Crippen MR) is 287 cm³/mol. The van der Waals surface area contributed by atoms with E-state index in [1.165, 1.54) is 0 Å². The molecule has 0 unspecified atom stereocenters. The van der Waals surface area contributed by atoms with Crippen molar-refractivity contribution < 1.29 is 0 Å². The van der Waals surface area contributed by atoms with Gasteiger partial charge in [-0.15, -0.1) is 0 Å². The van der Waals surface area contributed by atoms with E-state index in [9.17, 15) is 10.5 Å². The maximum Gasteiger partial charge on any atom is 0.188 e. The first-order chi connectivity index (χ1) is 34.3. The van der Waals surface area contributed by atoms with E-state index < -0.39 is 0 Å². The molecule has 13 aromatic rings. The number of benzene rings is 11. The molecule has 0 N–H and O–H groups in total. The van der Waals surface area contributed by atoms with E-state index in [-0.39, 0.29) is 0 Å². The summed E-state index contributed by atoms with van der Waals surface area (Å²) in [5, 5.41) is 32.7. The van der Waals surface area contributed by atoms with Crippen molar-refractivity contribution in [2.75, 3.05) is 0 Å². The minimum absolute atomic E-state index is 0.544. The first-order valence-electron chi connectivity index (χ1n) is 23.1. The summed E-state index contributed by atoms with van der Waals surface area (Å²) >= 11 is 0. The molecule has 0 amide bonds. The molecule has 2 aromatic heterocycles. The van der Waals surface area contributed by atoms with E-state index in [1.807, 2.05) is 72.8 Å². The Hall–Kier alpha value is -9.98. The maximum atomic E-state index is 10.0. The lowest BCUT2D eigenvalue weighted by Crippen LogP contribution is -2.00. The highest BCUT2D eigenvalue weighted by atomic mass is 15.0. The molecular formula is C64H36N6. The smallest absolute Gasteiger partial charge is 0.188 e. The summed E-state index contributed by atoms with van der Waals surface area (Å²) < 4.78 is 4.54. The summed E-state index contributed by atoms with van der Waals surface area (Å²) in [5.74, 6) is 0. The highest BCUT2D eigenvalue weighted by Gasteiger charge is 2.25. The van der Waals surface area contributed by atoms with E-state index in [1.54, 1.807) is 0 Å². The summed E-state index contributed by atoms with van der Waals surface area (Å²) in [7, 11) is 0. The Morgan fingerprint density at radius 1 is 0.357 bits per heavy atom. The number of hydrogen-bond donors (Lipinski definition) is 0. The van der Waals surface area contributed by atoms with Gasteiger partial charge in [-0.05, 0) is 186 Å². The Morgan fingerprint density at radius 3 is 1.17 bits per heavy atom. The minimum Gasteiger partial charge on any atom is -0.309 e. The van der Waals surface area contributed by atoms with Crippen LogP contribution in [0.25, 0.3) is 130 Å². The third-order valence-electron chi connectivity index (χ3n) is 14.4. The van der Waals surface area contributed by atoms with Gasteiger partial charge in [0.1, 0.15) is 0 Å². The minimum atomic E-state index is 0.544. The van der Waals surface area contributed by atoms with Crippen molar-refractivity contribution in [3.63, 3.8) is 0 Å². The summed E-state index contributed by atoms with van der Waals surface area (Å²) in [6.45, 7) is 20.2. The van der Waals surface area contributed by atoms with Gasteiger partial charge in [-0.1, -0.05) is 97.1 Å². The second-order valence-corrected chi connectivity index (χ2v) is 18.2. The summed E-state index contributed by atoms with van der Waals surface area (Å²) in [5.41, 5.74) is 14.8. The highest BCUT2D eigenvalue weighted by molar-refractivity contribution is 6.27. The normalized spacial score (nSPS) is 11.5. The maximum absolute atomic E-state index is 10.0. The van der Waals surface area contributed by atoms with Gasteiger partial charge in [-0.2, -0.15) is 10.5 Å². The monoisotopic (exact) mass is 888 g/mol. The van der Waals surface area contributed by atoms with Crippen LogP contribution >= 0.6 is 0 Å². The Labute approximate surface area is 402 Å². The molecule has 0 atom stereocenters. The van der Waals surface area contributed by atoms with Gasteiger partial charge in [-0.3, -0.25) is 0 Å². The SMILES string of the molecule is [C-]#[N+]c1ccc2c(c1)c1cc(C#N)ccc1n2-c1ccc2c(-c3c(C)ccc4ccccc34)c3cc(-n4c5ccc(C#N)cc5c5cc([N+]#[C-])ccc54)ccc3c(-c3c(C)ccc4ccccc34)c2c1. The second-order valence-electron chi connectivity index (χ2n) is 18.2. The van der Waals surface area contributed by atoms with Crippen LogP contribution in [0.5, 0.6) is 0 Å². The molecule has 6 heteroatoms. The lowest BCUT2D eigenvalue weighted by Gasteiger charge is -2.23. The number of rotatable bonds is 4. The Bertz CT molecular complexity index is 4230. The molecule has 0 bridgehead atoms. The average Bonchev–Trinajstić information content (AvgIpc) is 3.91. The molecule has 0 fully saturated rings. The van der Waals surface area contributed by atoms with Gasteiger partial charge in [0, 0.05) is 22.1 Å². The van der Waals surface area contributed by atoms with Gasteiger partial charge in [0.15, 0.2) is 11.4 Å². The molecule has 322 valence electrons. The number of nitriles is 2. The zero-order chi connectivity index (χ0) is 47.4. The summed E-state index contributed by atoms with van der Waals surface area (Å²) in [6, 6.07) is 67.9. The van der Waals surface area contributed by atoms with Crippen molar-refractivity contribution in [2.24, 2.45) is 0 Å². The van der Waals surface area contributed by atoms with Gasteiger partial charge < -0.3 is 9.13 Å². The molecule has 0 saturated heterocycles. The van der Waals surface area contributed by atoms with Crippen molar-refractivity contribution in [2.45, 2.75) is 13.8 Å². The van der Waals surface area contributed by atoms with Crippen LogP contribution in [0.2, 0.25) is 0 Å². The summed E-state index contributed by atoms with van der Waals surface area (Å²) in [4.78, 5) is 7.57. The standard InChI is InChI=1S/C64H36N6/c1-37-13-17-41-9-5-7-11-47(41)61(37)63-49-23-21-46(70-58-26-16-40(36-66)30-52(58)54-32-44(68-4)20-28-60(54)70)34-56(49)64(62-38(2)14-18-42-10-6-8-12-48(42)62)50-24-22-45(33-55(50)63)69-57-25-15-39(35-65)29-51(57)53-31-43(67-3)19-27-59(53)69/h5-34H,1-2H3. The Kier molecular flexibility index (Phi) is 8.80. The molecule has 0 aliphatic carbocycles. The number of fused-ring (bicyclic) bond motifs is 10.